The van der Waals surface area contributed by atoms with E-state index in [2.05, 4.69) is 315 Å². The topological polar surface area (TPSA) is 13.1 Å². The molecule has 384 valence electrons. The first-order chi connectivity index (χ1) is 39.7. The fourth-order valence-electron chi connectivity index (χ4n) is 14.0. The molecule has 16 rings (SSSR count). The zero-order valence-electron chi connectivity index (χ0n) is 45.8. The van der Waals surface area contributed by atoms with Crippen molar-refractivity contribution in [1.29, 1.82) is 0 Å². The molecule has 3 heteroatoms. The number of rotatable bonds is 8. The third-order valence-corrected chi connectivity index (χ3v) is 18.1. The minimum atomic E-state index is -0.259. The smallest absolute Gasteiger partial charge is 0.0547 e. The van der Waals surface area contributed by atoms with Crippen molar-refractivity contribution in [3.63, 3.8) is 0 Å². The van der Waals surface area contributed by atoms with Crippen LogP contribution in [0, 0.1) is 0 Å². The summed E-state index contributed by atoms with van der Waals surface area (Å²) < 4.78 is 4.80. The van der Waals surface area contributed by atoms with Crippen LogP contribution in [0.25, 0.3) is 111 Å². The number of nitrogens with zero attached hydrogens (tertiary/aromatic N) is 3. The van der Waals surface area contributed by atoms with E-state index in [4.69, 9.17) is 0 Å². The Morgan fingerprint density at radius 2 is 0.605 bits per heavy atom. The summed E-state index contributed by atoms with van der Waals surface area (Å²) in [5, 5.41) is 5.05. The fraction of sp³-hybridized carbons (Fsp3) is 0.0769. The van der Waals surface area contributed by atoms with Gasteiger partial charge in [-0.25, -0.2) is 0 Å². The first-order valence-corrected chi connectivity index (χ1v) is 28.4. The average Bonchev–Trinajstić information content (AvgIpc) is 3.55. The van der Waals surface area contributed by atoms with Gasteiger partial charge in [0.2, 0.25) is 0 Å². The average molecular weight is 1040 g/mol. The van der Waals surface area contributed by atoms with Crippen LogP contribution in [0.3, 0.4) is 0 Å². The Kier molecular flexibility index (Phi) is 10.3. The second-order valence-corrected chi connectivity index (χ2v) is 23.3. The van der Waals surface area contributed by atoms with Crippen LogP contribution in [-0.4, -0.2) is 9.13 Å². The highest BCUT2D eigenvalue weighted by atomic mass is 15.1. The van der Waals surface area contributed by atoms with Gasteiger partial charge >= 0.3 is 0 Å². The summed E-state index contributed by atoms with van der Waals surface area (Å²) in [5.74, 6) is 0. The maximum atomic E-state index is 2.48. The Bertz CT molecular complexity index is 4840. The van der Waals surface area contributed by atoms with Crippen molar-refractivity contribution in [3.8, 4) is 67.0 Å². The summed E-state index contributed by atoms with van der Waals surface area (Å²) in [6.07, 6.45) is 0. The van der Waals surface area contributed by atoms with Crippen molar-refractivity contribution in [3.05, 3.63) is 295 Å². The molecule has 0 spiro atoms. The van der Waals surface area contributed by atoms with Gasteiger partial charge in [0.05, 0.1) is 22.1 Å². The normalized spacial score (nSPS) is 13.6. The van der Waals surface area contributed by atoms with Gasteiger partial charge in [0, 0.05) is 60.8 Å². The largest absolute Gasteiger partial charge is 0.310 e. The third kappa shape index (κ3) is 7.21. The third-order valence-electron chi connectivity index (χ3n) is 18.1. The molecule has 14 aromatic rings. The SMILES string of the molecule is CC1(C)c2cc(-c3ccc4c(c3)c3ccccc3n4-c3ccccc3)ccc2-c2ccc(N(c3ccc(-c4ccccc4)cc3)c3ccc4c(c3)C(C)(C)c3cc(-c5ccc6c7ccccc7n(-c7ccccc7)c6c5)ccc3-4)cc21. The number of anilines is 3. The van der Waals surface area contributed by atoms with Crippen molar-refractivity contribution < 1.29 is 0 Å². The molecule has 2 aliphatic carbocycles. The molecular weight excluding hydrogens is 979 g/mol. The number of benzene rings is 12. The summed E-state index contributed by atoms with van der Waals surface area (Å²) in [7, 11) is 0. The van der Waals surface area contributed by atoms with E-state index in [0.29, 0.717) is 0 Å². The molecule has 0 saturated carbocycles. The summed E-state index contributed by atoms with van der Waals surface area (Å²) in [6, 6.07) is 102. The molecule has 0 fully saturated rings. The van der Waals surface area contributed by atoms with E-state index in [1.807, 2.05) is 0 Å². The number of hydrogen-bond donors (Lipinski definition) is 0. The number of para-hydroxylation sites is 4. The van der Waals surface area contributed by atoms with E-state index in [9.17, 15) is 0 Å². The van der Waals surface area contributed by atoms with Crippen molar-refractivity contribution in [2.45, 2.75) is 38.5 Å². The van der Waals surface area contributed by atoms with Crippen LogP contribution in [0.1, 0.15) is 49.9 Å². The molecule has 0 atom stereocenters. The van der Waals surface area contributed by atoms with Crippen LogP contribution < -0.4 is 4.90 Å². The van der Waals surface area contributed by atoms with E-state index in [-0.39, 0.29) is 10.8 Å². The Labute approximate surface area is 472 Å². The van der Waals surface area contributed by atoms with Crippen molar-refractivity contribution in [2.75, 3.05) is 4.90 Å². The van der Waals surface area contributed by atoms with Crippen molar-refractivity contribution in [2.24, 2.45) is 0 Å². The van der Waals surface area contributed by atoms with Gasteiger partial charge in [-0.15, -0.1) is 0 Å². The molecule has 0 N–H and O–H groups in total. The maximum Gasteiger partial charge on any atom is 0.0547 e. The highest BCUT2D eigenvalue weighted by Gasteiger charge is 2.39. The molecule has 81 heavy (non-hydrogen) atoms. The Morgan fingerprint density at radius 3 is 1.16 bits per heavy atom. The number of aromatic nitrogens is 2. The molecule has 0 amide bonds. The van der Waals surface area contributed by atoms with Gasteiger partial charge in [0.15, 0.2) is 0 Å². The molecule has 12 aromatic carbocycles. The molecule has 0 unspecified atom stereocenters. The predicted octanol–water partition coefficient (Wildman–Crippen LogP) is 21.0. The number of hydrogen-bond acceptors (Lipinski definition) is 1. The Hall–Kier alpha value is -9.96. The highest BCUT2D eigenvalue weighted by Crippen LogP contribution is 2.55. The predicted molar refractivity (Wildman–Crippen MR) is 341 cm³/mol. The second-order valence-electron chi connectivity index (χ2n) is 23.3. The first kappa shape index (κ1) is 47.1. The van der Waals surface area contributed by atoms with Gasteiger partial charge < -0.3 is 14.0 Å². The van der Waals surface area contributed by atoms with Gasteiger partial charge in [-0.05, 0) is 181 Å². The van der Waals surface area contributed by atoms with E-state index in [1.54, 1.807) is 0 Å². The van der Waals surface area contributed by atoms with Gasteiger partial charge in [-0.3, -0.25) is 0 Å². The van der Waals surface area contributed by atoms with Crippen molar-refractivity contribution in [1.82, 2.24) is 9.13 Å². The van der Waals surface area contributed by atoms with Gasteiger partial charge in [0.1, 0.15) is 0 Å². The minimum absolute atomic E-state index is 0.255. The minimum Gasteiger partial charge on any atom is -0.310 e. The summed E-state index contributed by atoms with van der Waals surface area (Å²) >= 11 is 0. The molecule has 2 aliphatic rings. The lowest BCUT2D eigenvalue weighted by Gasteiger charge is -2.30. The summed E-state index contributed by atoms with van der Waals surface area (Å²) in [4.78, 5) is 2.48. The van der Waals surface area contributed by atoms with Crippen LogP contribution in [-0.2, 0) is 10.8 Å². The zero-order valence-corrected chi connectivity index (χ0v) is 45.8. The standard InChI is InChI=1S/C78H57N3/c1-77(2)69-45-53(52-33-43-75-68(44-52)66-25-15-17-27-74(66)80(75)56-20-10-6-11-21-56)30-38-61(69)63-41-36-59(48-71(63)77)79(58-34-28-51(29-35-58)50-18-8-5-9-19-50)60-37-42-64-62-39-31-54(46-70(62)78(3,4)72(64)49-60)55-32-40-67-65-24-14-16-26-73(65)81(76(67)47-55)57-22-12-7-13-23-57/h5-49H,1-4H3. The van der Waals surface area contributed by atoms with E-state index < -0.39 is 0 Å². The zero-order chi connectivity index (χ0) is 54.1. The highest BCUT2D eigenvalue weighted by molar-refractivity contribution is 6.12. The monoisotopic (exact) mass is 1040 g/mol. The molecule has 0 aliphatic heterocycles. The molecule has 2 heterocycles. The molecule has 2 aromatic heterocycles. The van der Waals surface area contributed by atoms with Crippen molar-refractivity contribution >= 4 is 60.7 Å². The fourth-order valence-corrected chi connectivity index (χ4v) is 14.0. The lowest BCUT2D eigenvalue weighted by Crippen LogP contribution is -2.18. The van der Waals surface area contributed by atoms with Crippen LogP contribution in [0.2, 0.25) is 0 Å². The van der Waals surface area contributed by atoms with E-state index in [0.717, 1.165) is 17.1 Å². The molecule has 0 bridgehead atoms. The molecule has 0 saturated heterocycles. The van der Waals surface area contributed by atoms with Crippen LogP contribution in [0.5, 0.6) is 0 Å². The lowest BCUT2D eigenvalue weighted by atomic mass is 9.81. The second kappa shape index (κ2) is 17.8. The van der Waals surface area contributed by atoms with E-state index >= 15 is 0 Å². The quantitative estimate of drug-likeness (QED) is 0.148. The summed E-state index contributed by atoms with van der Waals surface area (Å²) in [5.41, 5.74) is 28.0. The van der Waals surface area contributed by atoms with Crippen LogP contribution >= 0.6 is 0 Å². The Balaban J connectivity index is 0.774. The van der Waals surface area contributed by atoms with E-state index in [1.165, 1.54) is 133 Å². The van der Waals surface area contributed by atoms with Crippen LogP contribution in [0.4, 0.5) is 17.1 Å². The van der Waals surface area contributed by atoms with Gasteiger partial charge in [0.25, 0.3) is 0 Å². The molecule has 0 radical (unpaired) electrons. The maximum absolute atomic E-state index is 2.48. The molecular formula is C78H57N3. The number of fused-ring (bicyclic) bond motifs is 12. The van der Waals surface area contributed by atoms with Gasteiger partial charge in [-0.2, -0.15) is 0 Å². The lowest BCUT2D eigenvalue weighted by molar-refractivity contribution is 0.660. The first-order valence-electron chi connectivity index (χ1n) is 28.4. The Morgan fingerprint density at radius 1 is 0.247 bits per heavy atom. The summed E-state index contributed by atoms with van der Waals surface area (Å²) in [6.45, 7) is 9.63. The van der Waals surface area contributed by atoms with Crippen LogP contribution in [0.15, 0.2) is 273 Å². The molecule has 3 nitrogen and oxygen atoms in total. The van der Waals surface area contributed by atoms with Gasteiger partial charge in [-0.1, -0.05) is 198 Å².